The summed E-state index contributed by atoms with van der Waals surface area (Å²) in [6.45, 7) is 0. The second-order valence-electron chi connectivity index (χ2n) is 3.94. The molecule has 0 atom stereocenters. The third kappa shape index (κ3) is 3.56. The lowest BCUT2D eigenvalue weighted by molar-refractivity contribution is 0.0983. The van der Waals surface area contributed by atoms with Crippen LogP contribution >= 0.6 is 0 Å². The maximum absolute atomic E-state index is 11.8. The number of hydrogen-bond donors (Lipinski definition) is 0. The van der Waals surface area contributed by atoms with Crippen molar-refractivity contribution < 1.29 is 4.79 Å². The molecule has 0 N–H and O–H groups in total. The second kappa shape index (κ2) is 6.00. The molecule has 1 heteroatoms. The largest absolute Gasteiger partial charge is 0.294 e. The molecule has 0 amide bonds. The van der Waals surface area contributed by atoms with Gasteiger partial charge < -0.3 is 0 Å². The van der Waals surface area contributed by atoms with Crippen molar-refractivity contribution in [1.82, 2.24) is 0 Å². The molecule has 0 aliphatic rings. The summed E-state index contributed by atoms with van der Waals surface area (Å²) in [5, 5.41) is 0. The Morgan fingerprint density at radius 1 is 0.882 bits per heavy atom. The van der Waals surface area contributed by atoms with E-state index in [0.717, 1.165) is 12.0 Å². The molecule has 0 fully saturated rings. The number of benzene rings is 2. The predicted octanol–water partition coefficient (Wildman–Crippen LogP) is 3.90. The molecule has 0 aliphatic heterocycles. The van der Waals surface area contributed by atoms with Crippen LogP contribution in [0.25, 0.3) is 0 Å². The van der Waals surface area contributed by atoms with Gasteiger partial charge in [-0.05, 0) is 18.4 Å². The number of carbonyl (C=O) groups is 1. The molecule has 2 rings (SSSR count). The number of ketones is 1. The highest BCUT2D eigenvalue weighted by molar-refractivity contribution is 5.96. The van der Waals surface area contributed by atoms with Gasteiger partial charge in [-0.1, -0.05) is 60.7 Å². The molecule has 0 aromatic heterocycles. The highest BCUT2D eigenvalue weighted by atomic mass is 16.1. The van der Waals surface area contributed by atoms with E-state index in [9.17, 15) is 4.79 Å². The SMILES string of the molecule is O=C(CC[CH]c1ccccc1)c1ccccc1. The zero-order chi connectivity index (χ0) is 11.9. The normalized spacial score (nSPS) is 10.1. The molecule has 0 unspecified atom stereocenters. The summed E-state index contributed by atoms with van der Waals surface area (Å²) >= 11 is 0. The van der Waals surface area contributed by atoms with Crippen molar-refractivity contribution in [1.29, 1.82) is 0 Å². The Labute approximate surface area is 102 Å². The monoisotopic (exact) mass is 223 g/mol. The molecule has 1 radical (unpaired) electrons. The molecule has 17 heavy (non-hydrogen) atoms. The molecule has 2 aromatic rings. The first-order chi connectivity index (χ1) is 8.36. The maximum atomic E-state index is 11.8. The van der Waals surface area contributed by atoms with Crippen LogP contribution in [0.15, 0.2) is 60.7 Å². The predicted molar refractivity (Wildman–Crippen MR) is 69.9 cm³/mol. The molecular weight excluding hydrogens is 208 g/mol. The Balaban J connectivity index is 1.82. The smallest absolute Gasteiger partial charge is 0.162 e. The second-order valence-corrected chi connectivity index (χ2v) is 3.94. The van der Waals surface area contributed by atoms with Crippen LogP contribution in [0.5, 0.6) is 0 Å². The van der Waals surface area contributed by atoms with E-state index in [1.54, 1.807) is 0 Å². The van der Waals surface area contributed by atoms with E-state index in [-0.39, 0.29) is 5.78 Å². The van der Waals surface area contributed by atoms with Gasteiger partial charge in [0.1, 0.15) is 0 Å². The third-order valence-corrected chi connectivity index (χ3v) is 2.65. The Kier molecular flexibility index (Phi) is 4.09. The molecule has 85 valence electrons. The van der Waals surface area contributed by atoms with E-state index >= 15 is 0 Å². The number of hydrogen-bond acceptors (Lipinski definition) is 1. The first-order valence-corrected chi connectivity index (χ1v) is 5.83. The maximum Gasteiger partial charge on any atom is 0.162 e. The van der Waals surface area contributed by atoms with Gasteiger partial charge in [-0.2, -0.15) is 0 Å². The third-order valence-electron chi connectivity index (χ3n) is 2.65. The zero-order valence-corrected chi connectivity index (χ0v) is 9.67. The lowest BCUT2D eigenvalue weighted by Gasteiger charge is -2.01. The standard InChI is InChI=1S/C16H15O/c17-16(15-11-5-2-6-12-15)13-7-10-14-8-3-1-4-9-14/h1-6,8-12H,7,13H2. The van der Waals surface area contributed by atoms with Crippen molar-refractivity contribution in [2.24, 2.45) is 0 Å². The van der Waals surface area contributed by atoms with Gasteiger partial charge in [0.25, 0.3) is 0 Å². The highest BCUT2D eigenvalue weighted by Gasteiger charge is 2.04. The first kappa shape index (κ1) is 11.6. The fourth-order valence-electron chi connectivity index (χ4n) is 1.73. The molecule has 0 heterocycles. The Morgan fingerprint density at radius 2 is 1.47 bits per heavy atom. The lowest BCUT2D eigenvalue weighted by atomic mass is 10.0. The van der Waals surface area contributed by atoms with E-state index < -0.39 is 0 Å². The molecule has 0 aliphatic carbocycles. The van der Waals surface area contributed by atoms with Crippen LogP contribution in [-0.2, 0) is 0 Å². The highest BCUT2D eigenvalue weighted by Crippen LogP contribution is 2.10. The topological polar surface area (TPSA) is 17.1 Å². The molecule has 0 spiro atoms. The minimum Gasteiger partial charge on any atom is -0.294 e. The average molecular weight is 223 g/mol. The summed E-state index contributed by atoms with van der Waals surface area (Å²) < 4.78 is 0. The summed E-state index contributed by atoms with van der Waals surface area (Å²) in [7, 11) is 0. The van der Waals surface area contributed by atoms with Crippen LogP contribution in [0.4, 0.5) is 0 Å². The zero-order valence-electron chi connectivity index (χ0n) is 9.67. The van der Waals surface area contributed by atoms with Gasteiger partial charge in [0.05, 0.1) is 0 Å². The van der Waals surface area contributed by atoms with Crippen molar-refractivity contribution in [2.75, 3.05) is 0 Å². The van der Waals surface area contributed by atoms with Crippen LogP contribution in [0.3, 0.4) is 0 Å². The number of rotatable bonds is 5. The summed E-state index contributed by atoms with van der Waals surface area (Å²) in [6.07, 6.45) is 3.46. The van der Waals surface area contributed by atoms with Gasteiger partial charge >= 0.3 is 0 Å². The summed E-state index contributed by atoms with van der Waals surface area (Å²) in [6, 6.07) is 19.5. The van der Waals surface area contributed by atoms with Gasteiger partial charge in [-0.25, -0.2) is 0 Å². The Bertz CT molecular complexity index is 459. The fraction of sp³-hybridized carbons (Fsp3) is 0.125. The van der Waals surface area contributed by atoms with E-state index in [0.29, 0.717) is 6.42 Å². The van der Waals surface area contributed by atoms with E-state index in [1.807, 2.05) is 60.7 Å². The van der Waals surface area contributed by atoms with Crippen LogP contribution in [-0.4, -0.2) is 5.78 Å². The molecule has 0 saturated heterocycles. The van der Waals surface area contributed by atoms with Crippen LogP contribution < -0.4 is 0 Å². The molecule has 2 aromatic carbocycles. The molecular formula is C16H15O. The van der Waals surface area contributed by atoms with Gasteiger partial charge in [-0.3, -0.25) is 4.79 Å². The average Bonchev–Trinajstić information content (AvgIpc) is 2.41. The van der Waals surface area contributed by atoms with Crippen molar-refractivity contribution in [2.45, 2.75) is 12.8 Å². The Hall–Kier alpha value is -1.89. The van der Waals surface area contributed by atoms with Crippen molar-refractivity contribution in [3.63, 3.8) is 0 Å². The van der Waals surface area contributed by atoms with Crippen molar-refractivity contribution in [3.05, 3.63) is 78.2 Å². The summed E-state index contributed by atoms with van der Waals surface area (Å²) in [4.78, 5) is 11.8. The summed E-state index contributed by atoms with van der Waals surface area (Å²) in [5.41, 5.74) is 1.97. The van der Waals surface area contributed by atoms with Gasteiger partial charge in [0, 0.05) is 12.0 Å². The number of Topliss-reactive ketones (excluding diaryl/α,β-unsaturated/α-hetero) is 1. The molecule has 0 bridgehead atoms. The molecule has 0 saturated carbocycles. The lowest BCUT2D eigenvalue weighted by Crippen LogP contribution is -1.98. The van der Waals surface area contributed by atoms with Crippen LogP contribution in [0.1, 0.15) is 28.8 Å². The molecule has 1 nitrogen and oxygen atoms in total. The minimum absolute atomic E-state index is 0.206. The van der Waals surface area contributed by atoms with Crippen LogP contribution in [0, 0.1) is 6.42 Å². The van der Waals surface area contributed by atoms with Crippen molar-refractivity contribution in [3.8, 4) is 0 Å². The van der Waals surface area contributed by atoms with Crippen LogP contribution in [0.2, 0.25) is 0 Å². The first-order valence-electron chi connectivity index (χ1n) is 5.83. The van der Waals surface area contributed by atoms with Gasteiger partial charge in [0.2, 0.25) is 0 Å². The van der Waals surface area contributed by atoms with E-state index in [2.05, 4.69) is 6.42 Å². The minimum atomic E-state index is 0.206. The summed E-state index contributed by atoms with van der Waals surface area (Å²) in [5.74, 6) is 0.206. The number of carbonyl (C=O) groups excluding carboxylic acids is 1. The quantitative estimate of drug-likeness (QED) is 0.702. The van der Waals surface area contributed by atoms with Gasteiger partial charge in [-0.15, -0.1) is 0 Å². The Morgan fingerprint density at radius 3 is 2.12 bits per heavy atom. The van der Waals surface area contributed by atoms with E-state index in [1.165, 1.54) is 5.56 Å². The fourth-order valence-corrected chi connectivity index (χ4v) is 1.73. The van der Waals surface area contributed by atoms with E-state index in [4.69, 9.17) is 0 Å². The van der Waals surface area contributed by atoms with Gasteiger partial charge in [0.15, 0.2) is 5.78 Å². The van der Waals surface area contributed by atoms with Crippen molar-refractivity contribution >= 4 is 5.78 Å².